The predicted octanol–water partition coefficient (Wildman–Crippen LogP) is 6.34. The van der Waals surface area contributed by atoms with E-state index in [1.54, 1.807) is 23.7 Å². The number of rotatable bonds is 6. The summed E-state index contributed by atoms with van der Waals surface area (Å²) in [5.74, 6) is -0.547. The number of ether oxygens (including phenoxy) is 2. The predicted molar refractivity (Wildman–Crippen MR) is 171 cm³/mol. The molecule has 12 nitrogen and oxygen atoms in total. The molecule has 240 valence electrons. The normalized spacial score (nSPS) is 11.0. The molecule has 48 heavy (non-hydrogen) atoms. The van der Waals surface area contributed by atoms with E-state index in [9.17, 15) is 9.59 Å². The van der Waals surface area contributed by atoms with Crippen molar-refractivity contribution in [1.29, 1.82) is 5.26 Å². The van der Waals surface area contributed by atoms with Crippen LogP contribution in [0.4, 0.5) is 0 Å². The Bertz CT molecular complexity index is 1930. The number of hydrogen-bond acceptors (Lipinski definition) is 11. The Morgan fingerprint density at radius 3 is 1.65 bits per heavy atom. The molecule has 0 aromatic carbocycles. The molecule has 0 amide bonds. The molecule has 7 rings (SSSR count). The van der Waals surface area contributed by atoms with Gasteiger partial charge in [-0.05, 0) is 66.2 Å². The van der Waals surface area contributed by atoms with Crippen LogP contribution in [0.15, 0.2) is 103 Å². The van der Waals surface area contributed by atoms with Crippen LogP contribution in [0, 0.1) is 11.8 Å². The van der Waals surface area contributed by atoms with Gasteiger partial charge in [0.05, 0.1) is 50.2 Å². The first-order chi connectivity index (χ1) is 23.0. The second-order valence-electron chi connectivity index (χ2n) is 9.48. The van der Waals surface area contributed by atoms with E-state index in [1.807, 2.05) is 53.9 Å². The fourth-order valence-electron chi connectivity index (χ4n) is 4.42. The molecule has 0 unspecified atom stereocenters. The summed E-state index contributed by atoms with van der Waals surface area (Å²) in [6.07, 6.45) is 6.23. The summed E-state index contributed by atoms with van der Waals surface area (Å²) in [5.41, 5.74) is 5.03. The van der Waals surface area contributed by atoms with Crippen LogP contribution in [0.1, 0.15) is 20.7 Å². The molecule has 2 N–H and O–H groups in total. The van der Waals surface area contributed by atoms with Crippen molar-refractivity contribution in [3.63, 3.8) is 0 Å². The molecular formula is C34H23N6O6RuS-. The van der Waals surface area contributed by atoms with Crippen molar-refractivity contribution in [2.75, 3.05) is 13.2 Å². The van der Waals surface area contributed by atoms with Crippen molar-refractivity contribution in [3.8, 4) is 56.1 Å². The Labute approximate surface area is 291 Å². The van der Waals surface area contributed by atoms with Gasteiger partial charge in [-0.25, -0.2) is 14.6 Å². The second kappa shape index (κ2) is 16.6. The van der Waals surface area contributed by atoms with E-state index in [2.05, 4.69) is 19.9 Å². The third kappa shape index (κ3) is 8.27. The zero-order valence-electron chi connectivity index (χ0n) is 24.7. The number of thiophene rings is 1. The van der Waals surface area contributed by atoms with Gasteiger partial charge in [-0.2, -0.15) is 0 Å². The minimum atomic E-state index is -1.08. The minimum absolute atomic E-state index is 0. The molecule has 0 bridgehead atoms. The molecule has 7 heterocycles. The standard InChI is InChI=1S/C21H15N3O2S.C12H8N2O4.CN.Ru/c1-3-7-22-15(5-1)17-11-14(12-18(24-17)16-6-2-4-8-23-16)21-20-19(13-27-21)25-9-10-26-20;15-11(16)7-1-3-13-9(5-7)10-6-8(12(17)18)2-4-14-10;1-2;/h1-8,11-13H,9-10H2;1-6H,(H,15,16)(H,17,18);;/q;;-1;. The Morgan fingerprint density at radius 2 is 1.17 bits per heavy atom. The first-order valence-corrected chi connectivity index (χ1v) is 14.7. The minimum Gasteiger partial charge on any atom is -0.512 e. The molecule has 6 aromatic heterocycles. The zero-order chi connectivity index (χ0) is 33.2. The number of nitrogens with zero attached hydrogens (tertiary/aromatic N) is 6. The van der Waals surface area contributed by atoms with Gasteiger partial charge < -0.3 is 31.5 Å². The molecule has 6 aromatic rings. The number of carbonyl (C=O) groups is 2. The van der Waals surface area contributed by atoms with Crippen LogP contribution in [0.2, 0.25) is 0 Å². The fraction of sp³-hybridized carbons (Fsp3) is 0.0588. The van der Waals surface area contributed by atoms with Gasteiger partial charge in [0, 0.05) is 49.6 Å². The third-order valence-electron chi connectivity index (χ3n) is 6.52. The summed E-state index contributed by atoms with van der Waals surface area (Å²) in [5, 5.41) is 26.0. The van der Waals surface area contributed by atoms with E-state index in [0.29, 0.717) is 24.6 Å². The molecule has 0 radical (unpaired) electrons. The SMILES string of the molecule is O=C(O)c1ccnc(-c2cc(C(=O)O)ccn2)c1.[C-]#N.[Ru].c1ccc(-c2cc(-c3scc4c3OCCO4)cc(-c3ccccn3)n2)nc1. The second-order valence-corrected chi connectivity index (χ2v) is 10.4. The summed E-state index contributed by atoms with van der Waals surface area (Å²) in [6.45, 7) is 5.89. The number of hydrogen-bond donors (Lipinski definition) is 2. The maximum absolute atomic E-state index is 10.8. The monoisotopic (exact) mass is 745 g/mol. The Hall–Kier alpha value is -5.90. The van der Waals surface area contributed by atoms with Crippen molar-refractivity contribution >= 4 is 23.3 Å². The molecule has 0 aliphatic carbocycles. The average molecular weight is 745 g/mol. The van der Waals surface area contributed by atoms with E-state index in [1.165, 1.54) is 36.7 Å². The van der Waals surface area contributed by atoms with E-state index in [0.717, 1.165) is 44.7 Å². The van der Waals surface area contributed by atoms with Gasteiger partial charge in [0.25, 0.3) is 0 Å². The summed E-state index contributed by atoms with van der Waals surface area (Å²) >= 11 is 1.61. The summed E-state index contributed by atoms with van der Waals surface area (Å²) in [4.78, 5) is 44.3. The van der Waals surface area contributed by atoms with Crippen molar-refractivity contribution in [2.45, 2.75) is 0 Å². The first kappa shape index (κ1) is 35.0. The Morgan fingerprint density at radius 1 is 0.667 bits per heavy atom. The molecule has 0 fully saturated rings. The number of fused-ring (bicyclic) bond motifs is 1. The van der Waals surface area contributed by atoms with Gasteiger partial charge in [0.1, 0.15) is 13.2 Å². The van der Waals surface area contributed by atoms with E-state index in [-0.39, 0.29) is 30.6 Å². The van der Waals surface area contributed by atoms with Crippen molar-refractivity contribution < 1.29 is 48.8 Å². The van der Waals surface area contributed by atoms with Gasteiger partial charge in [-0.3, -0.25) is 19.9 Å². The molecule has 1 aliphatic heterocycles. The largest absolute Gasteiger partial charge is 0.512 e. The van der Waals surface area contributed by atoms with Crippen LogP contribution in [0.3, 0.4) is 0 Å². The van der Waals surface area contributed by atoms with Gasteiger partial charge in [0.2, 0.25) is 0 Å². The van der Waals surface area contributed by atoms with E-state index < -0.39 is 11.9 Å². The summed E-state index contributed by atoms with van der Waals surface area (Å²) in [7, 11) is 0. The number of carboxylic acids is 2. The number of carboxylic acid groups (broad SMARTS) is 2. The van der Waals surface area contributed by atoms with Crippen molar-refractivity contribution in [2.24, 2.45) is 0 Å². The van der Waals surface area contributed by atoms with Crippen LogP contribution in [-0.2, 0) is 19.5 Å². The fourth-order valence-corrected chi connectivity index (χ4v) is 5.34. The molecule has 0 saturated carbocycles. The molecule has 14 heteroatoms. The maximum atomic E-state index is 10.8. The summed E-state index contributed by atoms with van der Waals surface area (Å²) in [6, 6.07) is 21.1. The van der Waals surface area contributed by atoms with Gasteiger partial charge in [0.15, 0.2) is 11.5 Å². The van der Waals surface area contributed by atoms with Crippen LogP contribution in [0.25, 0.3) is 44.6 Å². The van der Waals surface area contributed by atoms with Gasteiger partial charge in [-0.15, -0.1) is 11.3 Å². The number of aromatic nitrogens is 5. The smallest absolute Gasteiger partial charge is 0.335 e. The van der Waals surface area contributed by atoms with E-state index in [4.69, 9.17) is 36.5 Å². The number of pyridine rings is 5. The van der Waals surface area contributed by atoms with Crippen LogP contribution in [-0.4, -0.2) is 60.3 Å². The summed E-state index contributed by atoms with van der Waals surface area (Å²) < 4.78 is 11.6. The number of aromatic carboxylic acids is 2. The van der Waals surface area contributed by atoms with Crippen LogP contribution < -0.4 is 9.47 Å². The quantitative estimate of drug-likeness (QED) is 0.143. The molecule has 0 saturated heterocycles. The Kier molecular flexibility index (Phi) is 12.1. The van der Waals surface area contributed by atoms with E-state index >= 15 is 0 Å². The van der Waals surface area contributed by atoms with Crippen molar-refractivity contribution in [1.82, 2.24) is 24.9 Å². The van der Waals surface area contributed by atoms with Crippen LogP contribution in [0.5, 0.6) is 11.5 Å². The topological polar surface area (TPSA) is 181 Å². The molecular weight excluding hydrogens is 722 g/mol. The van der Waals surface area contributed by atoms with Crippen LogP contribution >= 0.6 is 11.3 Å². The molecule has 0 atom stereocenters. The molecule has 1 aliphatic rings. The van der Waals surface area contributed by atoms with Crippen molar-refractivity contribution in [3.05, 3.63) is 121 Å². The first-order valence-electron chi connectivity index (χ1n) is 13.8. The average Bonchev–Trinajstić information content (AvgIpc) is 3.58. The zero-order valence-corrected chi connectivity index (χ0v) is 27.3. The third-order valence-corrected chi connectivity index (χ3v) is 7.51. The van der Waals surface area contributed by atoms with Gasteiger partial charge >= 0.3 is 11.9 Å². The Balaban J connectivity index is 0.000000217. The molecule has 0 spiro atoms. The maximum Gasteiger partial charge on any atom is 0.335 e. The van der Waals surface area contributed by atoms with Gasteiger partial charge in [-0.1, -0.05) is 12.1 Å².